The molecule has 0 atom stereocenters. The molecular formula is C13H11Cl2N3O2. The zero-order valence-corrected chi connectivity index (χ0v) is 11.8. The number of hydrogen-bond acceptors (Lipinski definition) is 3. The van der Waals surface area contributed by atoms with E-state index in [1.54, 1.807) is 35.4 Å². The molecule has 104 valence electrons. The molecule has 0 unspecified atom stereocenters. The number of amides is 1. The molecule has 5 nitrogen and oxygen atoms in total. The van der Waals surface area contributed by atoms with E-state index < -0.39 is 6.10 Å². The van der Waals surface area contributed by atoms with E-state index in [0.717, 1.165) is 0 Å². The van der Waals surface area contributed by atoms with E-state index in [1.165, 1.54) is 4.68 Å². The molecular weight excluding hydrogens is 301 g/mol. The average Bonchev–Trinajstić information content (AvgIpc) is 2.83. The van der Waals surface area contributed by atoms with Gasteiger partial charge < -0.3 is 10.0 Å². The summed E-state index contributed by atoms with van der Waals surface area (Å²) in [5.74, 6) is -0.195. The Kier molecular flexibility index (Phi) is 3.41. The van der Waals surface area contributed by atoms with Gasteiger partial charge in [-0.15, -0.1) is 0 Å². The van der Waals surface area contributed by atoms with E-state index in [9.17, 15) is 9.90 Å². The van der Waals surface area contributed by atoms with Crippen LogP contribution in [0.2, 0.25) is 10.0 Å². The summed E-state index contributed by atoms with van der Waals surface area (Å²) >= 11 is 11.9. The molecule has 1 saturated heterocycles. The van der Waals surface area contributed by atoms with Crippen LogP contribution in [0.25, 0.3) is 5.69 Å². The average molecular weight is 312 g/mol. The van der Waals surface area contributed by atoms with Crippen molar-refractivity contribution in [3.05, 3.63) is 46.2 Å². The second-order valence-electron chi connectivity index (χ2n) is 4.61. The smallest absolute Gasteiger partial charge is 0.274 e. The fourth-order valence-corrected chi connectivity index (χ4v) is 2.52. The molecule has 1 N–H and O–H groups in total. The first-order valence-electron chi connectivity index (χ1n) is 6.03. The summed E-state index contributed by atoms with van der Waals surface area (Å²) in [5, 5.41) is 14.4. The lowest BCUT2D eigenvalue weighted by atomic mass is 10.1. The Hall–Kier alpha value is -1.56. The summed E-state index contributed by atoms with van der Waals surface area (Å²) in [6.45, 7) is 0.709. The van der Waals surface area contributed by atoms with Gasteiger partial charge in [-0.25, -0.2) is 4.68 Å². The van der Waals surface area contributed by atoms with Crippen molar-refractivity contribution in [3.8, 4) is 5.69 Å². The Balaban J connectivity index is 1.84. The van der Waals surface area contributed by atoms with Crippen LogP contribution in [0.4, 0.5) is 0 Å². The number of hydrogen-bond donors (Lipinski definition) is 1. The van der Waals surface area contributed by atoms with Crippen LogP contribution in [0.1, 0.15) is 10.5 Å². The summed E-state index contributed by atoms with van der Waals surface area (Å²) < 4.78 is 1.53. The summed E-state index contributed by atoms with van der Waals surface area (Å²) in [6.07, 6.45) is 1.24. The Labute approximate surface area is 125 Å². The number of carbonyl (C=O) groups is 1. The van der Waals surface area contributed by atoms with Crippen LogP contribution < -0.4 is 0 Å². The van der Waals surface area contributed by atoms with Crippen LogP contribution in [-0.2, 0) is 0 Å². The van der Waals surface area contributed by atoms with Crippen molar-refractivity contribution < 1.29 is 9.90 Å². The summed E-state index contributed by atoms with van der Waals surface area (Å²) in [4.78, 5) is 13.6. The summed E-state index contributed by atoms with van der Waals surface area (Å²) in [7, 11) is 0. The lowest BCUT2D eigenvalue weighted by Crippen LogP contribution is -2.53. The molecule has 1 aromatic heterocycles. The van der Waals surface area contributed by atoms with Crippen molar-refractivity contribution in [2.45, 2.75) is 6.10 Å². The van der Waals surface area contributed by atoms with Gasteiger partial charge in [0.2, 0.25) is 0 Å². The summed E-state index contributed by atoms with van der Waals surface area (Å²) in [5.41, 5.74) is 0.974. The minimum absolute atomic E-state index is 0.195. The van der Waals surface area contributed by atoms with E-state index in [0.29, 0.717) is 34.5 Å². The van der Waals surface area contributed by atoms with Gasteiger partial charge in [-0.1, -0.05) is 23.2 Å². The molecule has 1 aromatic carbocycles. The number of likely N-dealkylation sites (tertiary alicyclic amines) is 1. The maximum absolute atomic E-state index is 12.0. The second kappa shape index (κ2) is 5.09. The normalized spacial score (nSPS) is 15.2. The van der Waals surface area contributed by atoms with Crippen molar-refractivity contribution >= 4 is 29.1 Å². The molecule has 0 spiro atoms. The fourth-order valence-electron chi connectivity index (χ4n) is 2.02. The monoisotopic (exact) mass is 311 g/mol. The molecule has 1 aliphatic heterocycles. The minimum atomic E-state index is -0.424. The second-order valence-corrected chi connectivity index (χ2v) is 5.45. The van der Waals surface area contributed by atoms with Crippen molar-refractivity contribution in [3.63, 3.8) is 0 Å². The molecule has 1 amide bonds. The number of rotatable bonds is 2. The number of aliphatic hydroxyl groups excluding tert-OH is 1. The Morgan fingerprint density at radius 3 is 2.70 bits per heavy atom. The van der Waals surface area contributed by atoms with E-state index in [2.05, 4.69) is 5.10 Å². The van der Waals surface area contributed by atoms with Gasteiger partial charge in [0.25, 0.3) is 5.91 Å². The fraction of sp³-hybridized carbons (Fsp3) is 0.231. The zero-order chi connectivity index (χ0) is 14.3. The lowest BCUT2D eigenvalue weighted by Gasteiger charge is -2.35. The summed E-state index contributed by atoms with van der Waals surface area (Å²) in [6, 6.07) is 6.68. The van der Waals surface area contributed by atoms with Crippen molar-refractivity contribution in [1.82, 2.24) is 14.7 Å². The Morgan fingerprint density at radius 2 is 2.05 bits per heavy atom. The Bertz CT molecular complexity index is 665. The molecule has 2 heterocycles. The first-order chi connectivity index (χ1) is 9.54. The quantitative estimate of drug-likeness (QED) is 0.923. The van der Waals surface area contributed by atoms with E-state index in [-0.39, 0.29) is 5.91 Å². The number of carbonyl (C=O) groups excluding carboxylic acids is 1. The molecule has 0 aliphatic carbocycles. The third-order valence-corrected chi connectivity index (χ3v) is 3.65. The zero-order valence-electron chi connectivity index (χ0n) is 10.3. The lowest BCUT2D eigenvalue weighted by molar-refractivity contribution is 0.00547. The van der Waals surface area contributed by atoms with E-state index in [1.807, 2.05) is 0 Å². The number of benzene rings is 1. The highest BCUT2D eigenvalue weighted by molar-refractivity contribution is 6.35. The van der Waals surface area contributed by atoms with Gasteiger partial charge in [0, 0.05) is 24.3 Å². The molecule has 1 fully saturated rings. The number of nitrogens with zero attached hydrogens (tertiary/aromatic N) is 3. The molecule has 3 rings (SSSR count). The standard InChI is InChI=1S/C13H11Cl2N3O2/c14-8-1-2-12(10(15)5-8)18-4-3-11(16-18)13(20)17-6-9(19)7-17/h1-5,9,19H,6-7H2. The molecule has 7 heteroatoms. The SMILES string of the molecule is O=C(c1ccn(-c2ccc(Cl)cc2Cl)n1)N1CC(O)C1. The predicted octanol–water partition coefficient (Wildman–Crippen LogP) is 2.00. The minimum Gasteiger partial charge on any atom is -0.389 e. The highest BCUT2D eigenvalue weighted by Crippen LogP contribution is 2.24. The number of β-amino-alcohol motifs (C(OH)–C–C–N with tert-alkyl or cyclic N) is 1. The van der Waals surface area contributed by atoms with Crippen LogP contribution in [0.5, 0.6) is 0 Å². The molecule has 1 aliphatic rings. The van der Waals surface area contributed by atoms with Crippen molar-refractivity contribution in [2.75, 3.05) is 13.1 Å². The van der Waals surface area contributed by atoms with Gasteiger partial charge in [-0.2, -0.15) is 5.10 Å². The van der Waals surface area contributed by atoms with Gasteiger partial charge in [-0.05, 0) is 24.3 Å². The topological polar surface area (TPSA) is 58.4 Å². The van der Waals surface area contributed by atoms with Gasteiger partial charge in [0.05, 0.1) is 16.8 Å². The highest BCUT2D eigenvalue weighted by atomic mass is 35.5. The van der Waals surface area contributed by atoms with Gasteiger partial charge in [0.15, 0.2) is 5.69 Å². The number of aromatic nitrogens is 2. The van der Waals surface area contributed by atoms with Crippen LogP contribution in [0.15, 0.2) is 30.5 Å². The Morgan fingerprint density at radius 1 is 1.30 bits per heavy atom. The van der Waals surface area contributed by atoms with Crippen molar-refractivity contribution in [2.24, 2.45) is 0 Å². The van der Waals surface area contributed by atoms with Crippen LogP contribution >= 0.6 is 23.2 Å². The van der Waals surface area contributed by atoms with E-state index >= 15 is 0 Å². The molecule has 0 saturated carbocycles. The first-order valence-corrected chi connectivity index (χ1v) is 6.78. The number of aliphatic hydroxyl groups is 1. The van der Waals surface area contributed by atoms with Crippen LogP contribution in [-0.4, -0.2) is 44.9 Å². The largest absolute Gasteiger partial charge is 0.389 e. The highest BCUT2D eigenvalue weighted by Gasteiger charge is 2.30. The van der Waals surface area contributed by atoms with E-state index in [4.69, 9.17) is 23.2 Å². The van der Waals surface area contributed by atoms with Gasteiger partial charge in [-0.3, -0.25) is 4.79 Å². The van der Waals surface area contributed by atoms with Gasteiger partial charge in [0.1, 0.15) is 0 Å². The van der Waals surface area contributed by atoms with Crippen LogP contribution in [0.3, 0.4) is 0 Å². The molecule has 0 bridgehead atoms. The van der Waals surface area contributed by atoms with Crippen LogP contribution in [0, 0.1) is 0 Å². The third-order valence-electron chi connectivity index (χ3n) is 3.11. The third kappa shape index (κ3) is 2.40. The molecule has 2 aromatic rings. The molecule has 20 heavy (non-hydrogen) atoms. The predicted molar refractivity (Wildman–Crippen MR) is 75.5 cm³/mol. The van der Waals surface area contributed by atoms with Crippen molar-refractivity contribution in [1.29, 1.82) is 0 Å². The first kappa shape index (κ1) is 13.4. The van der Waals surface area contributed by atoms with Gasteiger partial charge >= 0.3 is 0 Å². The maximum Gasteiger partial charge on any atom is 0.274 e. The maximum atomic E-state index is 12.0. The molecule has 0 radical (unpaired) electrons. The number of halogens is 2.